The minimum absolute atomic E-state index is 0.0187. The van der Waals surface area contributed by atoms with Crippen molar-refractivity contribution in [3.05, 3.63) is 101 Å². The van der Waals surface area contributed by atoms with Gasteiger partial charge in [-0.25, -0.2) is 0 Å². The molecule has 0 atom stereocenters. The van der Waals surface area contributed by atoms with Gasteiger partial charge in [-0.1, -0.05) is 24.3 Å². The molecule has 28 heavy (non-hydrogen) atoms. The Morgan fingerprint density at radius 3 is 2.61 bits per heavy atom. The van der Waals surface area contributed by atoms with E-state index in [9.17, 15) is 10.1 Å². The molecule has 0 amide bonds. The second kappa shape index (κ2) is 7.71. The molecule has 0 saturated heterocycles. The molecule has 0 aliphatic carbocycles. The minimum Gasteiger partial charge on any atom is -0.356 e. The third-order valence-electron chi connectivity index (χ3n) is 4.24. The Labute approximate surface area is 161 Å². The fraction of sp³-hybridized carbons (Fsp3) is 0.0476. The van der Waals surface area contributed by atoms with Crippen LogP contribution < -0.4 is 5.32 Å². The van der Waals surface area contributed by atoms with E-state index in [-0.39, 0.29) is 10.6 Å². The van der Waals surface area contributed by atoms with E-state index in [1.165, 1.54) is 6.07 Å². The topological polar surface area (TPSA) is 85.9 Å². The molecular weight excluding hydrogens is 354 g/mol. The van der Waals surface area contributed by atoms with Gasteiger partial charge in [0.15, 0.2) is 0 Å². The van der Waals surface area contributed by atoms with Gasteiger partial charge in [-0.05, 0) is 42.0 Å². The second-order valence-electron chi connectivity index (χ2n) is 6.24. The van der Waals surface area contributed by atoms with Gasteiger partial charge in [0.2, 0.25) is 0 Å². The zero-order valence-electron chi connectivity index (χ0n) is 14.9. The highest BCUT2D eigenvalue weighted by Gasteiger charge is 2.18. The Morgan fingerprint density at radius 1 is 1.00 bits per heavy atom. The molecule has 2 aromatic carbocycles. The molecule has 0 saturated carbocycles. The Balaban J connectivity index is 1.65. The lowest BCUT2D eigenvalue weighted by atomic mass is 10.1. The van der Waals surface area contributed by atoms with E-state index in [0.29, 0.717) is 17.8 Å². The van der Waals surface area contributed by atoms with E-state index in [4.69, 9.17) is 0 Å². The molecule has 4 aromatic rings. The number of nitrogens with one attached hydrogen (secondary N) is 1. The van der Waals surface area contributed by atoms with Gasteiger partial charge in [-0.2, -0.15) is 5.10 Å². The van der Waals surface area contributed by atoms with Crippen molar-refractivity contribution in [1.29, 1.82) is 0 Å². The molecule has 7 heteroatoms. The molecule has 138 valence electrons. The van der Waals surface area contributed by atoms with Crippen LogP contribution in [0.15, 0.2) is 85.3 Å². The summed E-state index contributed by atoms with van der Waals surface area (Å²) in [6, 6.07) is 20.2. The summed E-state index contributed by atoms with van der Waals surface area (Å²) in [7, 11) is 0. The first-order valence-corrected chi connectivity index (χ1v) is 8.72. The summed E-state index contributed by atoms with van der Waals surface area (Å²) in [4.78, 5) is 15.2. The zero-order valence-corrected chi connectivity index (χ0v) is 14.9. The SMILES string of the molecule is O=[N+]([O-])c1ccc(Nc2ccccc2)cc1-c1ccn(Cc2cccnc2)n1. The average Bonchev–Trinajstić information content (AvgIpc) is 3.18. The summed E-state index contributed by atoms with van der Waals surface area (Å²) in [5.41, 5.74) is 3.71. The summed E-state index contributed by atoms with van der Waals surface area (Å²) in [5.74, 6) is 0. The number of rotatable bonds is 6. The number of nitro benzene ring substituents is 1. The number of benzene rings is 2. The van der Waals surface area contributed by atoms with Gasteiger partial charge in [0.25, 0.3) is 5.69 Å². The Morgan fingerprint density at radius 2 is 1.86 bits per heavy atom. The molecule has 0 fully saturated rings. The largest absolute Gasteiger partial charge is 0.356 e. The maximum Gasteiger partial charge on any atom is 0.278 e. The number of pyridine rings is 1. The molecule has 0 unspecified atom stereocenters. The van der Waals surface area contributed by atoms with Crippen molar-refractivity contribution in [3.8, 4) is 11.3 Å². The lowest BCUT2D eigenvalue weighted by Gasteiger charge is -2.08. The fourth-order valence-corrected chi connectivity index (χ4v) is 2.94. The van der Waals surface area contributed by atoms with Crippen LogP contribution in [0.1, 0.15) is 5.56 Å². The quantitative estimate of drug-likeness (QED) is 0.394. The first-order chi connectivity index (χ1) is 13.7. The average molecular weight is 371 g/mol. The molecule has 2 heterocycles. The van der Waals surface area contributed by atoms with E-state index in [2.05, 4.69) is 15.4 Å². The van der Waals surface area contributed by atoms with Crippen LogP contribution in [0.25, 0.3) is 11.3 Å². The normalized spacial score (nSPS) is 10.6. The van der Waals surface area contributed by atoms with Crippen LogP contribution in [-0.2, 0) is 6.54 Å². The predicted molar refractivity (Wildman–Crippen MR) is 107 cm³/mol. The monoisotopic (exact) mass is 371 g/mol. The van der Waals surface area contributed by atoms with E-state index < -0.39 is 0 Å². The third-order valence-corrected chi connectivity index (χ3v) is 4.24. The molecule has 0 radical (unpaired) electrons. The van der Waals surface area contributed by atoms with Gasteiger partial charge >= 0.3 is 0 Å². The van der Waals surface area contributed by atoms with Crippen molar-refractivity contribution in [2.24, 2.45) is 0 Å². The first kappa shape index (κ1) is 17.4. The summed E-state index contributed by atoms with van der Waals surface area (Å²) < 4.78 is 1.74. The number of para-hydroxylation sites is 1. The smallest absolute Gasteiger partial charge is 0.278 e. The number of nitro groups is 1. The van der Waals surface area contributed by atoms with Crippen molar-refractivity contribution in [3.63, 3.8) is 0 Å². The van der Waals surface area contributed by atoms with E-state index >= 15 is 0 Å². The highest BCUT2D eigenvalue weighted by molar-refractivity contribution is 5.76. The van der Waals surface area contributed by atoms with E-state index in [1.807, 2.05) is 48.7 Å². The molecule has 2 aromatic heterocycles. The van der Waals surface area contributed by atoms with Crippen LogP contribution in [0.5, 0.6) is 0 Å². The molecule has 4 rings (SSSR count). The standard InChI is InChI=1S/C21H17N5O2/c27-26(28)21-9-8-18(23-17-6-2-1-3-7-17)13-19(21)20-10-12-25(24-20)15-16-5-4-11-22-14-16/h1-14,23H,15H2. The summed E-state index contributed by atoms with van der Waals surface area (Å²) in [5, 5.41) is 19.3. The van der Waals surface area contributed by atoms with Crippen LogP contribution in [0, 0.1) is 10.1 Å². The highest BCUT2D eigenvalue weighted by atomic mass is 16.6. The van der Waals surface area contributed by atoms with Crippen molar-refractivity contribution in [1.82, 2.24) is 14.8 Å². The number of aromatic nitrogens is 3. The molecule has 0 bridgehead atoms. The Hall–Kier alpha value is -4.00. The maximum absolute atomic E-state index is 11.5. The van der Waals surface area contributed by atoms with Gasteiger partial charge in [0, 0.05) is 36.0 Å². The molecule has 0 spiro atoms. The van der Waals surface area contributed by atoms with E-state index in [1.54, 1.807) is 35.3 Å². The molecular formula is C21H17N5O2. The van der Waals surface area contributed by atoms with Gasteiger partial charge in [-0.3, -0.25) is 19.8 Å². The van der Waals surface area contributed by atoms with Gasteiger partial charge < -0.3 is 5.32 Å². The fourth-order valence-electron chi connectivity index (χ4n) is 2.94. The Kier molecular flexibility index (Phi) is 4.79. The number of nitrogens with zero attached hydrogens (tertiary/aromatic N) is 4. The van der Waals surface area contributed by atoms with Crippen LogP contribution >= 0.6 is 0 Å². The number of hydrogen-bond acceptors (Lipinski definition) is 5. The number of anilines is 2. The second-order valence-corrected chi connectivity index (χ2v) is 6.24. The van der Waals surface area contributed by atoms with Gasteiger partial charge in [-0.15, -0.1) is 0 Å². The molecule has 0 aliphatic heterocycles. The minimum atomic E-state index is -0.387. The Bertz CT molecular complexity index is 1090. The maximum atomic E-state index is 11.5. The van der Waals surface area contributed by atoms with E-state index in [0.717, 1.165) is 16.9 Å². The van der Waals surface area contributed by atoms with Crippen molar-refractivity contribution >= 4 is 17.1 Å². The lowest BCUT2D eigenvalue weighted by Crippen LogP contribution is -2.01. The summed E-state index contributed by atoms with van der Waals surface area (Å²) in [6.45, 7) is 0.545. The molecule has 0 aliphatic rings. The summed E-state index contributed by atoms with van der Waals surface area (Å²) in [6.07, 6.45) is 5.30. The van der Waals surface area contributed by atoms with Gasteiger partial charge in [0.05, 0.1) is 22.7 Å². The lowest BCUT2D eigenvalue weighted by molar-refractivity contribution is -0.384. The first-order valence-electron chi connectivity index (χ1n) is 8.72. The third kappa shape index (κ3) is 3.88. The van der Waals surface area contributed by atoms with Gasteiger partial charge in [0.1, 0.15) is 0 Å². The highest BCUT2D eigenvalue weighted by Crippen LogP contribution is 2.32. The molecule has 7 nitrogen and oxygen atoms in total. The van der Waals surface area contributed by atoms with Crippen LogP contribution in [-0.4, -0.2) is 19.7 Å². The van der Waals surface area contributed by atoms with Crippen molar-refractivity contribution < 1.29 is 4.92 Å². The van der Waals surface area contributed by atoms with Crippen molar-refractivity contribution in [2.75, 3.05) is 5.32 Å². The van der Waals surface area contributed by atoms with Crippen LogP contribution in [0.4, 0.5) is 17.1 Å². The van der Waals surface area contributed by atoms with Crippen molar-refractivity contribution in [2.45, 2.75) is 6.54 Å². The summed E-state index contributed by atoms with van der Waals surface area (Å²) >= 11 is 0. The van der Waals surface area contributed by atoms with Crippen LogP contribution in [0.2, 0.25) is 0 Å². The van der Waals surface area contributed by atoms with Crippen LogP contribution in [0.3, 0.4) is 0 Å². The molecule has 1 N–H and O–H groups in total. The zero-order chi connectivity index (χ0) is 19.3. The predicted octanol–water partition coefficient (Wildman–Crippen LogP) is 4.65. The number of hydrogen-bond donors (Lipinski definition) is 1.